The van der Waals surface area contributed by atoms with E-state index in [-0.39, 0.29) is 21.9 Å². The van der Waals surface area contributed by atoms with Gasteiger partial charge >= 0.3 is 0 Å². The van der Waals surface area contributed by atoms with Gasteiger partial charge in [0, 0.05) is 18.4 Å². The summed E-state index contributed by atoms with van der Waals surface area (Å²) in [5.41, 5.74) is 2.48. The second-order valence-electron chi connectivity index (χ2n) is 5.22. The first-order valence-electron chi connectivity index (χ1n) is 7.35. The van der Waals surface area contributed by atoms with Crippen molar-refractivity contribution in [3.05, 3.63) is 60.2 Å². The summed E-state index contributed by atoms with van der Waals surface area (Å²) >= 11 is 0. The molecule has 1 N–H and O–H groups in total. The standard InChI is InChI=1S/C16H18N2O5S2/c1-3-18(25(22,23)15-7-5-4-6-8-15)17-16(19)13-9-11-14(12-10-13)24(2,20)21/h4-12H,3H2,1-2H3,(H,17,19). The Balaban J connectivity index is 2.23. The Labute approximate surface area is 147 Å². The summed E-state index contributed by atoms with van der Waals surface area (Å²) in [6.45, 7) is 1.62. The van der Waals surface area contributed by atoms with Crippen LogP contribution >= 0.6 is 0 Å². The quantitative estimate of drug-likeness (QED) is 0.762. The fourth-order valence-corrected chi connectivity index (χ4v) is 3.99. The third kappa shape index (κ3) is 4.44. The Bertz CT molecular complexity index is 953. The highest BCUT2D eigenvalue weighted by Crippen LogP contribution is 2.14. The van der Waals surface area contributed by atoms with Crippen molar-refractivity contribution in [2.24, 2.45) is 0 Å². The number of carbonyl (C=O) groups is 1. The maximum Gasteiger partial charge on any atom is 0.266 e. The Morgan fingerprint density at radius 2 is 1.48 bits per heavy atom. The van der Waals surface area contributed by atoms with Gasteiger partial charge in [-0.25, -0.2) is 16.8 Å². The molecule has 0 aliphatic heterocycles. The summed E-state index contributed by atoms with van der Waals surface area (Å²) in [5.74, 6) is -0.651. The van der Waals surface area contributed by atoms with Crippen LogP contribution in [0.5, 0.6) is 0 Å². The molecule has 9 heteroatoms. The van der Waals surface area contributed by atoms with Crippen LogP contribution in [0, 0.1) is 0 Å². The van der Waals surface area contributed by atoms with Crippen LogP contribution in [0.15, 0.2) is 64.4 Å². The van der Waals surface area contributed by atoms with E-state index in [1.54, 1.807) is 25.1 Å². The number of hydrogen-bond acceptors (Lipinski definition) is 5. The number of hydrazine groups is 1. The zero-order valence-corrected chi connectivity index (χ0v) is 15.3. The van der Waals surface area contributed by atoms with Crippen LogP contribution in [0.25, 0.3) is 0 Å². The number of hydrogen-bond donors (Lipinski definition) is 1. The predicted octanol–water partition coefficient (Wildman–Crippen LogP) is 1.45. The molecule has 0 unspecified atom stereocenters. The van der Waals surface area contributed by atoms with E-state index in [9.17, 15) is 21.6 Å². The first-order chi connectivity index (χ1) is 11.7. The van der Waals surface area contributed by atoms with Crippen LogP contribution in [0.2, 0.25) is 0 Å². The van der Waals surface area contributed by atoms with Crippen LogP contribution < -0.4 is 5.43 Å². The fraction of sp³-hybridized carbons (Fsp3) is 0.188. The van der Waals surface area contributed by atoms with E-state index in [4.69, 9.17) is 0 Å². The van der Waals surface area contributed by atoms with Crippen molar-refractivity contribution in [2.45, 2.75) is 16.7 Å². The van der Waals surface area contributed by atoms with Crippen LogP contribution in [-0.2, 0) is 19.9 Å². The molecule has 0 aliphatic carbocycles. The first kappa shape index (κ1) is 19.1. The number of sulfone groups is 1. The molecule has 0 fully saturated rings. The average Bonchev–Trinajstić information content (AvgIpc) is 2.59. The van der Waals surface area contributed by atoms with E-state index < -0.39 is 25.8 Å². The molecule has 7 nitrogen and oxygen atoms in total. The van der Waals surface area contributed by atoms with Crippen molar-refractivity contribution >= 4 is 25.8 Å². The largest absolute Gasteiger partial charge is 0.271 e. The second-order valence-corrected chi connectivity index (χ2v) is 9.10. The number of benzene rings is 2. The number of sulfonamides is 1. The molecule has 1 amide bonds. The highest BCUT2D eigenvalue weighted by Gasteiger charge is 2.25. The zero-order chi connectivity index (χ0) is 18.7. The van der Waals surface area contributed by atoms with Gasteiger partial charge in [0.15, 0.2) is 9.84 Å². The molecule has 0 bridgehead atoms. The third-order valence-corrected chi connectivity index (χ3v) is 6.32. The molecule has 134 valence electrons. The minimum Gasteiger partial charge on any atom is -0.271 e. The zero-order valence-electron chi connectivity index (χ0n) is 13.7. The van der Waals surface area contributed by atoms with Crippen molar-refractivity contribution in [1.82, 2.24) is 9.84 Å². The SMILES string of the molecule is CCN(NC(=O)c1ccc(S(C)(=O)=O)cc1)S(=O)(=O)c1ccccc1. The van der Waals surface area contributed by atoms with E-state index >= 15 is 0 Å². The van der Waals surface area contributed by atoms with Gasteiger partial charge < -0.3 is 0 Å². The smallest absolute Gasteiger partial charge is 0.266 e. The van der Waals surface area contributed by atoms with Gasteiger partial charge in [0.05, 0.1) is 9.79 Å². The molecule has 0 saturated heterocycles. The summed E-state index contributed by atoms with van der Waals surface area (Å²) in [6.07, 6.45) is 1.06. The van der Waals surface area contributed by atoms with Gasteiger partial charge in [0.1, 0.15) is 0 Å². The van der Waals surface area contributed by atoms with Gasteiger partial charge in [-0.1, -0.05) is 18.2 Å². The predicted molar refractivity (Wildman–Crippen MR) is 93.0 cm³/mol. The van der Waals surface area contributed by atoms with Crippen LogP contribution in [0.3, 0.4) is 0 Å². The van der Waals surface area contributed by atoms with Gasteiger partial charge in [-0.2, -0.15) is 0 Å². The van der Waals surface area contributed by atoms with Crippen LogP contribution in [0.4, 0.5) is 0 Å². The summed E-state index contributed by atoms with van der Waals surface area (Å²) in [6, 6.07) is 13.0. The van der Waals surface area contributed by atoms with Crippen molar-refractivity contribution in [2.75, 3.05) is 12.8 Å². The number of rotatable bonds is 6. The van der Waals surface area contributed by atoms with E-state index in [2.05, 4.69) is 5.43 Å². The second kappa shape index (κ2) is 7.34. The Morgan fingerprint density at radius 1 is 0.920 bits per heavy atom. The molecular weight excluding hydrogens is 364 g/mol. The molecule has 0 radical (unpaired) electrons. The first-order valence-corrected chi connectivity index (χ1v) is 10.7. The summed E-state index contributed by atoms with van der Waals surface area (Å²) < 4.78 is 48.8. The molecule has 0 aromatic heterocycles. The van der Waals surface area contributed by atoms with E-state index in [1.165, 1.54) is 36.4 Å². The molecule has 0 aliphatic rings. The molecule has 0 spiro atoms. The maximum atomic E-state index is 12.5. The lowest BCUT2D eigenvalue weighted by molar-refractivity contribution is 0.0882. The third-order valence-electron chi connectivity index (χ3n) is 3.39. The minimum absolute atomic E-state index is 0.0321. The molecule has 0 heterocycles. The van der Waals surface area contributed by atoms with Gasteiger partial charge in [0.2, 0.25) is 0 Å². The van der Waals surface area contributed by atoms with Gasteiger partial charge in [-0.15, -0.1) is 4.41 Å². The minimum atomic E-state index is -3.88. The highest BCUT2D eigenvalue weighted by molar-refractivity contribution is 7.90. The van der Waals surface area contributed by atoms with E-state index in [0.717, 1.165) is 10.7 Å². The number of amides is 1. The molecule has 0 atom stereocenters. The van der Waals surface area contributed by atoms with E-state index in [0.29, 0.717) is 0 Å². The fourth-order valence-electron chi connectivity index (χ4n) is 2.06. The monoisotopic (exact) mass is 382 g/mol. The topological polar surface area (TPSA) is 101 Å². The van der Waals surface area contributed by atoms with Crippen molar-refractivity contribution in [3.63, 3.8) is 0 Å². The molecule has 2 aromatic carbocycles. The average molecular weight is 382 g/mol. The lowest BCUT2D eigenvalue weighted by Crippen LogP contribution is -2.45. The summed E-state index contributed by atoms with van der Waals surface area (Å²) in [4.78, 5) is 12.4. The lowest BCUT2D eigenvalue weighted by atomic mass is 10.2. The summed E-state index contributed by atoms with van der Waals surface area (Å²) in [7, 11) is -7.25. The van der Waals surface area contributed by atoms with Gasteiger partial charge in [-0.05, 0) is 43.3 Å². The highest BCUT2D eigenvalue weighted by atomic mass is 32.2. The normalized spacial score (nSPS) is 12.1. The van der Waals surface area contributed by atoms with Crippen LogP contribution in [0.1, 0.15) is 17.3 Å². The molecule has 2 rings (SSSR count). The van der Waals surface area contributed by atoms with E-state index in [1.807, 2.05) is 0 Å². The maximum absolute atomic E-state index is 12.5. The van der Waals surface area contributed by atoms with Crippen molar-refractivity contribution in [3.8, 4) is 0 Å². The van der Waals surface area contributed by atoms with Crippen molar-refractivity contribution in [1.29, 1.82) is 0 Å². The molecular formula is C16H18N2O5S2. The van der Waals surface area contributed by atoms with Crippen LogP contribution in [-0.4, -0.2) is 40.0 Å². The number of carbonyl (C=O) groups excluding carboxylic acids is 1. The molecule has 25 heavy (non-hydrogen) atoms. The molecule has 2 aromatic rings. The van der Waals surface area contributed by atoms with Crippen molar-refractivity contribution < 1.29 is 21.6 Å². The number of nitrogens with zero attached hydrogens (tertiary/aromatic N) is 1. The molecule has 0 saturated carbocycles. The number of nitrogens with one attached hydrogen (secondary N) is 1. The Kier molecular flexibility index (Phi) is 5.61. The van der Waals surface area contributed by atoms with Gasteiger partial charge in [0.25, 0.3) is 15.9 Å². The van der Waals surface area contributed by atoms with Gasteiger partial charge in [-0.3, -0.25) is 10.2 Å². The lowest BCUT2D eigenvalue weighted by Gasteiger charge is -2.21. The Hall–Kier alpha value is -2.23. The summed E-state index contributed by atoms with van der Waals surface area (Å²) in [5, 5.41) is 0. The Morgan fingerprint density at radius 3 is 1.96 bits per heavy atom.